The van der Waals surface area contributed by atoms with Crippen LogP contribution in [0.25, 0.3) is 0 Å². The van der Waals surface area contributed by atoms with Crippen LogP contribution in [0.1, 0.15) is 46.0 Å². The monoisotopic (exact) mass is 372 g/mol. The molecule has 2 aromatic rings. The van der Waals surface area contributed by atoms with E-state index >= 15 is 0 Å². The molecule has 0 saturated heterocycles. The Labute approximate surface area is 155 Å². The molecule has 0 saturated carbocycles. The van der Waals surface area contributed by atoms with Crippen LogP contribution in [0.15, 0.2) is 35.7 Å². The number of carboxylic acid groups (broad SMARTS) is 1. The molecule has 1 heterocycles. The van der Waals surface area contributed by atoms with Crippen LogP contribution >= 0.6 is 11.3 Å². The second kappa shape index (κ2) is 8.14. The minimum absolute atomic E-state index is 0.0250. The molecule has 1 aliphatic carbocycles. The summed E-state index contributed by atoms with van der Waals surface area (Å²) in [6, 6.07) is 8.63. The van der Waals surface area contributed by atoms with E-state index in [1.54, 1.807) is 35.6 Å². The highest BCUT2D eigenvalue weighted by molar-refractivity contribution is 7.10. The number of benzene rings is 1. The summed E-state index contributed by atoms with van der Waals surface area (Å²) in [7, 11) is 0. The van der Waals surface area contributed by atoms with E-state index in [4.69, 9.17) is 5.11 Å². The lowest BCUT2D eigenvalue weighted by molar-refractivity contribution is -0.136. The van der Waals surface area contributed by atoms with Crippen LogP contribution in [0.3, 0.4) is 0 Å². The van der Waals surface area contributed by atoms with Gasteiger partial charge in [-0.3, -0.25) is 14.4 Å². The molecule has 1 aromatic carbocycles. The minimum atomic E-state index is -0.958. The number of nitrogens with one attached hydrogen (secondary N) is 2. The fourth-order valence-electron chi connectivity index (χ4n) is 3.08. The number of rotatable bonds is 6. The number of carboxylic acids is 1. The Hall–Kier alpha value is -2.67. The number of hydrogen-bond donors (Lipinski definition) is 3. The van der Waals surface area contributed by atoms with Crippen molar-refractivity contribution >= 4 is 34.8 Å². The van der Waals surface area contributed by atoms with Gasteiger partial charge in [0.1, 0.15) is 0 Å². The average Bonchev–Trinajstić information content (AvgIpc) is 3.10. The highest BCUT2D eigenvalue weighted by Gasteiger charge is 2.27. The van der Waals surface area contributed by atoms with Gasteiger partial charge in [-0.05, 0) is 60.5 Å². The molecule has 7 heteroatoms. The number of anilines is 1. The largest absolute Gasteiger partial charge is 0.481 e. The highest BCUT2D eigenvalue weighted by atomic mass is 32.1. The van der Waals surface area contributed by atoms with Crippen molar-refractivity contribution in [1.82, 2.24) is 5.32 Å². The first-order valence-electron chi connectivity index (χ1n) is 8.52. The second-order valence-corrected chi connectivity index (χ2v) is 7.21. The van der Waals surface area contributed by atoms with Crippen LogP contribution < -0.4 is 10.6 Å². The van der Waals surface area contributed by atoms with Gasteiger partial charge >= 0.3 is 5.97 Å². The number of fused-ring (bicyclic) bond motifs is 1. The van der Waals surface area contributed by atoms with E-state index in [-0.39, 0.29) is 30.7 Å². The van der Waals surface area contributed by atoms with Crippen molar-refractivity contribution in [3.63, 3.8) is 0 Å². The normalized spacial score (nSPS) is 15.8. The first-order chi connectivity index (χ1) is 12.5. The molecule has 1 unspecified atom stereocenters. The van der Waals surface area contributed by atoms with Crippen molar-refractivity contribution in [2.24, 2.45) is 0 Å². The summed E-state index contributed by atoms with van der Waals surface area (Å²) in [6.45, 7) is 0.0807. The summed E-state index contributed by atoms with van der Waals surface area (Å²) in [5, 5.41) is 16.1. The van der Waals surface area contributed by atoms with Crippen LogP contribution in [-0.4, -0.2) is 29.4 Å². The zero-order valence-corrected chi connectivity index (χ0v) is 15.0. The van der Waals surface area contributed by atoms with Gasteiger partial charge < -0.3 is 15.7 Å². The number of carbonyl (C=O) groups excluding carboxylic acids is 2. The van der Waals surface area contributed by atoms with Crippen LogP contribution in [0, 0.1) is 0 Å². The van der Waals surface area contributed by atoms with Crippen molar-refractivity contribution in [3.05, 3.63) is 51.7 Å². The summed E-state index contributed by atoms with van der Waals surface area (Å²) >= 11 is 1.70. The van der Waals surface area contributed by atoms with Crippen LogP contribution in [-0.2, 0) is 16.0 Å². The van der Waals surface area contributed by atoms with Gasteiger partial charge in [0.15, 0.2) is 0 Å². The molecule has 2 amide bonds. The van der Waals surface area contributed by atoms with Crippen LogP contribution in [0.4, 0.5) is 5.69 Å². The molecular weight excluding hydrogens is 352 g/mol. The standard InChI is InChI=1S/C19H20N2O4S/c22-17(23)8-10-20-18(24)12-4-6-13(7-5-12)21-19(25)15-2-1-3-16-14(15)9-11-26-16/h4-7,9,11,15H,1-3,8,10H2,(H,20,24)(H,21,25)(H,22,23). The van der Waals surface area contributed by atoms with Gasteiger partial charge in [-0.1, -0.05) is 0 Å². The third-order valence-electron chi connectivity index (χ3n) is 4.41. The van der Waals surface area contributed by atoms with E-state index in [0.29, 0.717) is 11.3 Å². The van der Waals surface area contributed by atoms with E-state index < -0.39 is 5.97 Å². The second-order valence-electron chi connectivity index (χ2n) is 6.21. The number of amides is 2. The van der Waals surface area contributed by atoms with Crippen molar-refractivity contribution in [1.29, 1.82) is 0 Å². The Kier molecular flexibility index (Phi) is 5.68. The smallest absolute Gasteiger partial charge is 0.305 e. The topological polar surface area (TPSA) is 95.5 Å². The molecule has 3 N–H and O–H groups in total. The molecule has 0 bridgehead atoms. The highest BCUT2D eigenvalue weighted by Crippen LogP contribution is 2.35. The number of thiophene rings is 1. The van der Waals surface area contributed by atoms with Gasteiger partial charge in [-0.2, -0.15) is 0 Å². The molecule has 26 heavy (non-hydrogen) atoms. The zero-order valence-electron chi connectivity index (χ0n) is 14.2. The van der Waals surface area contributed by atoms with E-state index in [2.05, 4.69) is 10.6 Å². The molecule has 0 fully saturated rings. The molecular formula is C19H20N2O4S. The summed E-state index contributed by atoms with van der Waals surface area (Å²) in [6.07, 6.45) is 2.79. The third-order valence-corrected chi connectivity index (χ3v) is 5.40. The fraction of sp³-hybridized carbons (Fsp3) is 0.316. The van der Waals surface area contributed by atoms with E-state index in [1.165, 1.54) is 4.88 Å². The Morgan fingerprint density at radius 2 is 1.92 bits per heavy atom. The van der Waals surface area contributed by atoms with Gasteiger partial charge in [-0.25, -0.2) is 0 Å². The lowest BCUT2D eigenvalue weighted by atomic mass is 9.87. The SMILES string of the molecule is O=C(O)CCNC(=O)c1ccc(NC(=O)C2CCCc3sccc32)cc1. The summed E-state index contributed by atoms with van der Waals surface area (Å²) in [4.78, 5) is 36.3. The lowest BCUT2D eigenvalue weighted by Gasteiger charge is -2.21. The Morgan fingerprint density at radius 3 is 2.65 bits per heavy atom. The van der Waals surface area contributed by atoms with Crippen LogP contribution in [0.5, 0.6) is 0 Å². The van der Waals surface area contributed by atoms with E-state index in [0.717, 1.165) is 24.8 Å². The maximum Gasteiger partial charge on any atom is 0.305 e. The molecule has 136 valence electrons. The van der Waals surface area contributed by atoms with Gasteiger partial charge in [0.2, 0.25) is 5.91 Å². The fourth-order valence-corrected chi connectivity index (χ4v) is 4.07. The van der Waals surface area contributed by atoms with Gasteiger partial charge in [0.05, 0.1) is 12.3 Å². The first kappa shape index (κ1) is 18.1. The van der Waals surface area contributed by atoms with Crippen LogP contribution in [0.2, 0.25) is 0 Å². The summed E-state index contributed by atoms with van der Waals surface area (Å²) in [5.41, 5.74) is 2.19. The molecule has 1 atom stereocenters. The predicted molar refractivity (Wildman–Crippen MR) is 99.7 cm³/mol. The number of aliphatic carboxylic acids is 1. The summed E-state index contributed by atoms with van der Waals surface area (Å²) < 4.78 is 0. The van der Waals surface area contributed by atoms with Crippen molar-refractivity contribution in [2.75, 3.05) is 11.9 Å². The number of aryl methyl sites for hydroxylation is 1. The molecule has 0 radical (unpaired) electrons. The average molecular weight is 372 g/mol. The number of hydrogen-bond acceptors (Lipinski definition) is 4. The molecule has 6 nitrogen and oxygen atoms in total. The Bertz CT molecular complexity index is 813. The maximum atomic E-state index is 12.6. The Balaban J connectivity index is 1.59. The lowest BCUT2D eigenvalue weighted by Crippen LogP contribution is -2.26. The molecule has 1 aromatic heterocycles. The van der Waals surface area contributed by atoms with Gasteiger partial charge in [0, 0.05) is 22.7 Å². The van der Waals surface area contributed by atoms with E-state index in [9.17, 15) is 14.4 Å². The van der Waals surface area contributed by atoms with Gasteiger partial charge in [0.25, 0.3) is 5.91 Å². The summed E-state index contributed by atoms with van der Waals surface area (Å²) in [5.74, 6) is -1.44. The minimum Gasteiger partial charge on any atom is -0.481 e. The zero-order chi connectivity index (χ0) is 18.5. The number of carbonyl (C=O) groups is 3. The molecule has 1 aliphatic rings. The van der Waals surface area contributed by atoms with Crippen molar-refractivity contribution in [2.45, 2.75) is 31.6 Å². The molecule has 3 rings (SSSR count). The Morgan fingerprint density at radius 1 is 1.15 bits per heavy atom. The quantitative estimate of drug-likeness (QED) is 0.726. The van der Waals surface area contributed by atoms with Crippen molar-refractivity contribution in [3.8, 4) is 0 Å². The first-order valence-corrected chi connectivity index (χ1v) is 9.40. The molecule has 0 aliphatic heterocycles. The maximum absolute atomic E-state index is 12.6. The predicted octanol–water partition coefficient (Wildman–Crippen LogP) is 3.01. The van der Waals surface area contributed by atoms with Gasteiger partial charge in [-0.15, -0.1) is 11.3 Å². The molecule has 0 spiro atoms. The third kappa shape index (κ3) is 4.29. The van der Waals surface area contributed by atoms with Crippen molar-refractivity contribution < 1.29 is 19.5 Å². The van der Waals surface area contributed by atoms with E-state index in [1.807, 2.05) is 11.4 Å².